The van der Waals surface area contributed by atoms with E-state index < -0.39 is 0 Å². The van der Waals surface area contributed by atoms with Crippen molar-refractivity contribution in [3.05, 3.63) is 0 Å². The van der Waals surface area contributed by atoms with E-state index in [0.717, 1.165) is 32.1 Å². The number of carbonyl (C=O) groups is 1. The van der Waals surface area contributed by atoms with Crippen molar-refractivity contribution < 1.29 is 9.53 Å². The van der Waals surface area contributed by atoms with E-state index in [1.54, 1.807) is 0 Å². The molecule has 2 saturated heterocycles. The summed E-state index contributed by atoms with van der Waals surface area (Å²) in [6.07, 6.45) is 5.37. The number of piperidine rings is 1. The minimum Gasteiger partial charge on any atom is -0.375 e. The summed E-state index contributed by atoms with van der Waals surface area (Å²) in [5, 5.41) is 3.69. The van der Waals surface area contributed by atoms with E-state index >= 15 is 0 Å². The maximum Gasteiger partial charge on any atom is 0.236 e. The molecule has 0 radical (unpaired) electrons. The second kappa shape index (κ2) is 7.07. The van der Waals surface area contributed by atoms with Gasteiger partial charge in [0.25, 0.3) is 0 Å². The molecule has 0 aromatic carbocycles. The second-order valence-electron chi connectivity index (χ2n) is 6.92. The molecule has 3 fully saturated rings. The summed E-state index contributed by atoms with van der Waals surface area (Å²) in [6, 6.07) is 0.667. The van der Waals surface area contributed by atoms with Crippen LogP contribution in [-0.2, 0) is 9.53 Å². The lowest BCUT2D eigenvalue weighted by Crippen LogP contribution is -2.50. The van der Waals surface area contributed by atoms with Crippen LogP contribution in [0, 0.1) is 5.92 Å². The predicted octanol–water partition coefficient (Wildman–Crippen LogP) is 0.698. The van der Waals surface area contributed by atoms with Gasteiger partial charge in [0.2, 0.25) is 5.91 Å². The van der Waals surface area contributed by atoms with Crippen LogP contribution in [0.25, 0.3) is 0 Å². The highest BCUT2D eigenvalue weighted by Gasteiger charge is 2.27. The summed E-state index contributed by atoms with van der Waals surface area (Å²) in [7, 11) is 0. The van der Waals surface area contributed by atoms with Crippen LogP contribution in [0.15, 0.2) is 0 Å². The Kier molecular flexibility index (Phi) is 5.14. The van der Waals surface area contributed by atoms with Gasteiger partial charge in [0, 0.05) is 32.2 Å². The smallest absolute Gasteiger partial charge is 0.236 e. The van der Waals surface area contributed by atoms with Gasteiger partial charge in [-0.2, -0.15) is 0 Å². The molecule has 3 aliphatic rings. The van der Waals surface area contributed by atoms with Crippen LogP contribution >= 0.6 is 0 Å². The van der Waals surface area contributed by atoms with Crippen molar-refractivity contribution in [1.29, 1.82) is 0 Å². The Balaban J connectivity index is 1.35. The van der Waals surface area contributed by atoms with E-state index in [9.17, 15) is 4.79 Å². The number of amides is 1. The Morgan fingerprint density at radius 3 is 2.62 bits per heavy atom. The minimum absolute atomic E-state index is 0.181. The van der Waals surface area contributed by atoms with Crippen molar-refractivity contribution in [2.45, 2.75) is 44.8 Å². The van der Waals surface area contributed by atoms with Crippen molar-refractivity contribution in [2.75, 3.05) is 45.9 Å². The second-order valence-corrected chi connectivity index (χ2v) is 6.92. The van der Waals surface area contributed by atoms with Crippen LogP contribution in [0.2, 0.25) is 0 Å². The number of morpholine rings is 1. The first kappa shape index (κ1) is 15.3. The van der Waals surface area contributed by atoms with E-state index in [0.29, 0.717) is 19.2 Å². The molecule has 21 heavy (non-hydrogen) atoms. The molecule has 1 atom stereocenters. The van der Waals surface area contributed by atoms with Crippen LogP contribution in [0.5, 0.6) is 0 Å². The highest BCUT2D eigenvalue weighted by molar-refractivity contribution is 5.78. The number of ether oxygens (including phenoxy) is 1. The van der Waals surface area contributed by atoms with Gasteiger partial charge in [-0.25, -0.2) is 0 Å². The monoisotopic (exact) mass is 295 g/mol. The summed E-state index contributed by atoms with van der Waals surface area (Å²) in [4.78, 5) is 16.6. The van der Waals surface area contributed by atoms with Gasteiger partial charge >= 0.3 is 0 Å². The maximum atomic E-state index is 12.3. The molecule has 0 spiro atoms. The molecule has 1 saturated carbocycles. The minimum atomic E-state index is 0.181. The van der Waals surface area contributed by atoms with Crippen molar-refractivity contribution in [3.8, 4) is 0 Å². The van der Waals surface area contributed by atoms with Gasteiger partial charge in [-0.1, -0.05) is 0 Å². The third-order valence-electron chi connectivity index (χ3n) is 4.93. The van der Waals surface area contributed by atoms with E-state index in [1.165, 1.54) is 32.2 Å². The molecule has 1 amide bonds. The molecule has 2 heterocycles. The van der Waals surface area contributed by atoms with E-state index in [-0.39, 0.29) is 12.0 Å². The number of hydrogen-bond acceptors (Lipinski definition) is 4. The summed E-state index contributed by atoms with van der Waals surface area (Å²) in [5.41, 5.74) is 0. The predicted molar refractivity (Wildman–Crippen MR) is 82.2 cm³/mol. The number of hydrogen-bond donors (Lipinski definition) is 1. The van der Waals surface area contributed by atoms with Gasteiger partial charge in [-0.3, -0.25) is 9.69 Å². The number of likely N-dealkylation sites (tertiary alicyclic amines) is 1. The average Bonchev–Trinajstić information content (AvgIpc) is 3.31. The molecule has 0 bridgehead atoms. The van der Waals surface area contributed by atoms with Gasteiger partial charge in [-0.15, -0.1) is 0 Å². The number of nitrogens with one attached hydrogen (secondary N) is 1. The molecule has 0 aromatic rings. The summed E-state index contributed by atoms with van der Waals surface area (Å²) in [6.45, 7) is 8.11. The Morgan fingerprint density at radius 2 is 1.95 bits per heavy atom. The van der Waals surface area contributed by atoms with Gasteiger partial charge in [0.15, 0.2) is 0 Å². The molecule has 5 heteroatoms. The number of carbonyl (C=O) groups excluding carboxylic acids is 1. The summed E-state index contributed by atoms with van der Waals surface area (Å²) in [5.74, 6) is 1.22. The third kappa shape index (κ3) is 4.66. The lowest BCUT2D eigenvalue weighted by Gasteiger charge is -2.35. The zero-order valence-electron chi connectivity index (χ0n) is 13.2. The Labute approximate surface area is 128 Å². The normalized spacial score (nSPS) is 28.8. The lowest BCUT2D eigenvalue weighted by molar-refractivity contribution is -0.139. The van der Waals surface area contributed by atoms with E-state index in [1.807, 2.05) is 11.8 Å². The highest BCUT2D eigenvalue weighted by Crippen LogP contribution is 2.28. The maximum absolute atomic E-state index is 12.3. The Bertz CT molecular complexity index is 351. The molecule has 1 aliphatic carbocycles. The molecule has 120 valence electrons. The van der Waals surface area contributed by atoms with E-state index in [4.69, 9.17) is 4.74 Å². The SMILES string of the molecule is CC1CN(C(=O)CN2CCC(NCC3CC3)CC2)CCO1. The van der Waals surface area contributed by atoms with Crippen LogP contribution in [0.4, 0.5) is 0 Å². The largest absolute Gasteiger partial charge is 0.375 e. The topological polar surface area (TPSA) is 44.8 Å². The molecular weight excluding hydrogens is 266 g/mol. The highest BCUT2D eigenvalue weighted by atomic mass is 16.5. The van der Waals surface area contributed by atoms with Crippen LogP contribution in [-0.4, -0.2) is 73.7 Å². The number of rotatable bonds is 5. The summed E-state index contributed by atoms with van der Waals surface area (Å²) >= 11 is 0. The first-order chi connectivity index (χ1) is 10.2. The lowest BCUT2D eigenvalue weighted by atomic mass is 10.0. The van der Waals surface area contributed by atoms with Crippen molar-refractivity contribution in [3.63, 3.8) is 0 Å². The van der Waals surface area contributed by atoms with Gasteiger partial charge < -0.3 is 15.0 Å². The Morgan fingerprint density at radius 1 is 1.19 bits per heavy atom. The van der Waals surface area contributed by atoms with Crippen LogP contribution in [0.1, 0.15) is 32.6 Å². The average molecular weight is 295 g/mol. The molecular formula is C16H29N3O2. The van der Waals surface area contributed by atoms with Gasteiger partial charge in [0.05, 0.1) is 19.3 Å². The zero-order valence-corrected chi connectivity index (χ0v) is 13.2. The van der Waals surface area contributed by atoms with Crippen molar-refractivity contribution >= 4 is 5.91 Å². The molecule has 2 aliphatic heterocycles. The fourth-order valence-corrected chi connectivity index (χ4v) is 3.29. The van der Waals surface area contributed by atoms with Gasteiger partial charge in [0.1, 0.15) is 0 Å². The molecule has 3 rings (SSSR count). The molecule has 1 N–H and O–H groups in total. The zero-order chi connectivity index (χ0) is 14.7. The van der Waals surface area contributed by atoms with Crippen molar-refractivity contribution in [1.82, 2.24) is 15.1 Å². The fraction of sp³-hybridized carbons (Fsp3) is 0.938. The quantitative estimate of drug-likeness (QED) is 0.811. The number of nitrogens with zero attached hydrogens (tertiary/aromatic N) is 2. The third-order valence-corrected chi connectivity index (χ3v) is 4.93. The first-order valence-electron chi connectivity index (χ1n) is 8.56. The standard InChI is InChI=1S/C16H29N3O2/c1-13-11-19(8-9-21-13)16(20)12-18-6-4-15(5-7-18)17-10-14-2-3-14/h13-15,17H,2-12H2,1H3. The van der Waals surface area contributed by atoms with Gasteiger partial charge in [-0.05, 0) is 45.1 Å². The Hall–Kier alpha value is -0.650. The fourth-order valence-electron chi connectivity index (χ4n) is 3.29. The van der Waals surface area contributed by atoms with Crippen LogP contribution < -0.4 is 5.32 Å². The molecule has 0 aromatic heterocycles. The van der Waals surface area contributed by atoms with Crippen LogP contribution in [0.3, 0.4) is 0 Å². The van der Waals surface area contributed by atoms with Crippen molar-refractivity contribution in [2.24, 2.45) is 5.92 Å². The van der Waals surface area contributed by atoms with E-state index in [2.05, 4.69) is 10.2 Å². The summed E-state index contributed by atoms with van der Waals surface area (Å²) < 4.78 is 5.50. The first-order valence-corrected chi connectivity index (χ1v) is 8.56. The molecule has 1 unspecified atom stereocenters. The molecule has 5 nitrogen and oxygen atoms in total.